The number of ether oxygens (including phenoxy) is 1. The van der Waals surface area contributed by atoms with Crippen LogP contribution in [0.3, 0.4) is 0 Å². The molecule has 86 valence electrons. The lowest BCUT2D eigenvalue weighted by Gasteiger charge is -2.13. The molecule has 0 spiro atoms. The summed E-state index contributed by atoms with van der Waals surface area (Å²) in [6.45, 7) is 0.680. The standard InChI is InChI=1S/C11H15N3O2/c1-16-9-3-2-6-12-11(9)13-7-8-4-5-10(15)14-8/h2-3,6,8H,4-5,7H2,1H3,(H,12,13)(H,14,15). The zero-order chi connectivity index (χ0) is 11.4. The summed E-state index contributed by atoms with van der Waals surface area (Å²) in [4.78, 5) is 15.2. The molecule has 5 heteroatoms. The van der Waals surface area contributed by atoms with Crippen LogP contribution >= 0.6 is 0 Å². The summed E-state index contributed by atoms with van der Waals surface area (Å²) in [7, 11) is 1.61. The molecule has 1 unspecified atom stereocenters. The van der Waals surface area contributed by atoms with E-state index in [2.05, 4.69) is 15.6 Å². The first-order chi connectivity index (χ1) is 7.79. The van der Waals surface area contributed by atoms with E-state index in [4.69, 9.17) is 4.74 Å². The number of methoxy groups -OCH3 is 1. The zero-order valence-corrected chi connectivity index (χ0v) is 9.19. The number of aromatic nitrogens is 1. The summed E-state index contributed by atoms with van der Waals surface area (Å²) in [6, 6.07) is 3.86. The first-order valence-electron chi connectivity index (χ1n) is 5.32. The van der Waals surface area contributed by atoms with Gasteiger partial charge >= 0.3 is 0 Å². The largest absolute Gasteiger partial charge is 0.493 e. The molecule has 0 saturated carbocycles. The molecule has 1 aromatic heterocycles. The number of hydrogen-bond acceptors (Lipinski definition) is 4. The Labute approximate surface area is 94.2 Å². The Kier molecular flexibility index (Phi) is 3.24. The minimum absolute atomic E-state index is 0.125. The van der Waals surface area contributed by atoms with Crippen LogP contribution in [0.1, 0.15) is 12.8 Å². The van der Waals surface area contributed by atoms with Crippen molar-refractivity contribution >= 4 is 11.7 Å². The summed E-state index contributed by atoms with van der Waals surface area (Å²) in [5, 5.41) is 6.07. The van der Waals surface area contributed by atoms with Crippen LogP contribution in [0.2, 0.25) is 0 Å². The summed E-state index contributed by atoms with van der Waals surface area (Å²) in [6.07, 6.45) is 3.20. The van der Waals surface area contributed by atoms with Gasteiger partial charge in [0.1, 0.15) is 0 Å². The predicted octanol–water partition coefficient (Wildman–Crippen LogP) is 0.781. The minimum atomic E-state index is 0.125. The molecule has 1 aromatic rings. The molecule has 0 radical (unpaired) electrons. The van der Waals surface area contributed by atoms with Crippen molar-refractivity contribution in [3.05, 3.63) is 18.3 Å². The second-order valence-corrected chi connectivity index (χ2v) is 3.74. The quantitative estimate of drug-likeness (QED) is 0.788. The zero-order valence-electron chi connectivity index (χ0n) is 9.19. The Morgan fingerprint density at radius 2 is 2.56 bits per heavy atom. The third kappa shape index (κ3) is 2.42. The molecule has 0 aromatic carbocycles. The van der Waals surface area contributed by atoms with Gasteiger partial charge < -0.3 is 15.4 Å². The average Bonchev–Trinajstić information content (AvgIpc) is 2.73. The number of carbonyl (C=O) groups is 1. The number of rotatable bonds is 4. The summed E-state index contributed by atoms with van der Waals surface area (Å²) in [5.74, 6) is 1.55. The molecule has 5 nitrogen and oxygen atoms in total. The van der Waals surface area contributed by atoms with Crippen molar-refractivity contribution in [3.63, 3.8) is 0 Å². The average molecular weight is 221 g/mol. The van der Waals surface area contributed by atoms with Gasteiger partial charge in [-0.05, 0) is 18.6 Å². The number of amides is 1. The van der Waals surface area contributed by atoms with Crippen molar-refractivity contribution in [2.75, 3.05) is 19.0 Å². The first-order valence-corrected chi connectivity index (χ1v) is 5.32. The summed E-state index contributed by atoms with van der Waals surface area (Å²) < 4.78 is 5.17. The molecule has 1 aliphatic heterocycles. The SMILES string of the molecule is COc1cccnc1NCC1CCC(=O)N1. The monoisotopic (exact) mass is 221 g/mol. The van der Waals surface area contributed by atoms with Crippen molar-refractivity contribution in [1.82, 2.24) is 10.3 Å². The van der Waals surface area contributed by atoms with E-state index in [1.807, 2.05) is 12.1 Å². The van der Waals surface area contributed by atoms with Crippen LogP contribution in [0.5, 0.6) is 5.75 Å². The summed E-state index contributed by atoms with van der Waals surface area (Å²) >= 11 is 0. The van der Waals surface area contributed by atoms with Crippen LogP contribution in [0, 0.1) is 0 Å². The van der Waals surface area contributed by atoms with Gasteiger partial charge in [-0.15, -0.1) is 0 Å². The van der Waals surface area contributed by atoms with Crippen LogP contribution < -0.4 is 15.4 Å². The number of pyridine rings is 1. The smallest absolute Gasteiger partial charge is 0.220 e. The summed E-state index contributed by atoms with van der Waals surface area (Å²) in [5.41, 5.74) is 0. The predicted molar refractivity (Wildman–Crippen MR) is 60.4 cm³/mol. The van der Waals surface area contributed by atoms with Gasteiger partial charge in [0.05, 0.1) is 7.11 Å². The van der Waals surface area contributed by atoms with Crippen molar-refractivity contribution in [3.8, 4) is 5.75 Å². The van der Waals surface area contributed by atoms with Gasteiger partial charge in [0.2, 0.25) is 5.91 Å². The highest BCUT2D eigenvalue weighted by Gasteiger charge is 2.20. The molecule has 1 amide bonds. The number of anilines is 1. The van der Waals surface area contributed by atoms with Gasteiger partial charge in [-0.1, -0.05) is 0 Å². The number of hydrogen-bond donors (Lipinski definition) is 2. The fourth-order valence-electron chi connectivity index (χ4n) is 1.74. The van der Waals surface area contributed by atoms with E-state index in [1.165, 1.54) is 0 Å². The molecular weight excluding hydrogens is 206 g/mol. The third-order valence-corrected chi connectivity index (χ3v) is 2.59. The van der Waals surface area contributed by atoms with E-state index < -0.39 is 0 Å². The normalized spacial score (nSPS) is 19.3. The van der Waals surface area contributed by atoms with Crippen molar-refractivity contribution in [2.45, 2.75) is 18.9 Å². The van der Waals surface area contributed by atoms with Gasteiger partial charge in [-0.25, -0.2) is 4.98 Å². The van der Waals surface area contributed by atoms with Crippen molar-refractivity contribution in [1.29, 1.82) is 0 Å². The van der Waals surface area contributed by atoms with E-state index in [0.29, 0.717) is 24.5 Å². The Morgan fingerprint density at radius 3 is 3.25 bits per heavy atom. The molecule has 0 bridgehead atoms. The molecular formula is C11H15N3O2. The molecule has 2 N–H and O–H groups in total. The van der Waals surface area contributed by atoms with Crippen LogP contribution in [0.15, 0.2) is 18.3 Å². The van der Waals surface area contributed by atoms with E-state index in [9.17, 15) is 4.79 Å². The lowest BCUT2D eigenvalue weighted by atomic mass is 10.2. The molecule has 1 saturated heterocycles. The Balaban J connectivity index is 1.91. The van der Waals surface area contributed by atoms with Crippen molar-refractivity contribution < 1.29 is 9.53 Å². The second-order valence-electron chi connectivity index (χ2n) is 3.74. The Bertz CT molecular complexity index is 381. The van der Waals surface area contributed by atoms with Crippen LogP contribution in [-0.2, 0) is 4.79 Å². The lowest BCUT2D eigenvalue weighted by molar-refractivity contribution is -0.119. The van der Waals surface area contributed by atoms with Gasteiger partial charge in [-0.2, -0.15) is 0 Å². The Morgan fingerprint density at radius 1 is 1.69 bits per heavy atom. The second kappa shape index (κ2) is 4.83. The number of nitrogens with one attached hydrogen (secondary N) is 2. The maximum Gasteiger partial charge on any atom is 0.220 e. The Hall–Kier alpha value is -1.78. The molecule has 16 heavy (non-hydrogen) atoms. The molecule has 2 rings (SSSR count). The maximum absolute atomic E-state index is 11.0. The minimum Gasteiger partial charge on any atom is -0.493 e. The molecule has 2 heterocycles. The van der Waals surface area contributed by atoms with E-state index in [0.717, 1.165) is 6.42 Å². The highest BCUT2D eigenvalue weighted by atomic mass is 16.5. The van der Waals surface area contributed by atoms with Gasteiger partial charge in [-0.3, -0.25) is 4.79 Å². The van der Waals surface area contributed by atoms with Gasteiger partial charge in [0, 0.05) is 25.2 Å². The van der Waals surface area contributed by atoms with E-state index in [-0.39, 0.29) is 11.9 Å². The van der Waals surface area contributed by atoms with Gasteiger partial charge in [0.15, 0.2) is 11.6 Å². The number of carbonyl (C=O) groups excluding carboxylic acids is 1. The van der Waals surface area contributed by atoms with E-state index in [1.54, 1.807) is 13.3 Å². The van der Waals surface area contributed by atoms with Crippen LogP contribution in [0.25, 0.3) is 0 Å². The molecule has 1 aliphatic rings. The molecule has 1 fully saturated rings. The highest BCUT2D eigenvalue weighted by molar-refractivity contribution is 5.78. The third-order valence-electron chi connectivity index (χ3n) is 2.59. The van der Waals surface area contributed by atoms with Gasteiger partial charge in [0.25, 0.3) is 0 Å². The topological polar surface area (TPSA) is 63.2 Å². The molecule has 1 atom stereocenters. The first kappa shape index (κ1) is 10.7. The molecule has 0 aliphatic carbocycles. The lowest BCUT2D eigenvalue weighted by Crippen LogP contribution is -2.32. The van der Waals surface area contributed by atoms with Crippen LogP contribution in [-0.4, -0.2) is 30.6 Å². The van der Waals surface area contributed by atoms with E-state index >= 15 is 0 Å². The van der Waals surface area contributed by atoms with Crippen LogP contribution in [0.4, 0.5) is 5.82 Å². The fourth-order valence-corrected chi connectivity index (χ4v) is 1.74. The number of nitrogens with zero attached hydrogens (tertiary/aromatic N) is 1. The maximum atomic E-state index is 11.0. The van der Waals surface area contributed by atoms with Crippen molar-refractivity contribution in [2.24, 2.45) is 0 Å². The fraction of sp³-hybridized carbons (Fsp3) is 0.455. The highest BCUT2D eigenvalue weighted by Crippen LogP contribution is 2.20.